The molecule has 0 radical (unpaired) electrons. The van der Waals surface area contributed by atoms with Crippen molar-refractivity contribution < 1.29 is 8.83 Å². The molecule has 0 saturated carbocycles. The van der Waals surface area contributed by atoms with Crippen molar-refractivity contribution >= 4 is 43.9 Å². The minimum absolute atomic E-state index is 0.496. The lowest BCUT2D eigenvalue weighted by atomic mass is 9.67. The van der Waals surface area contributed by atoms with Crippen molar-refractivity contribution in [2.45, 2.75) is 5.41 Å². The summed E-state index contributed by atoms with van der Waals surface area (Å²) in [4.78, 5) is 15.6. The number of hydrogen-bond donors (Lipinski definition) is 0. The van der Waals surface area contributed by atoms with Crippen molar-refractivity contribution in [1.82, 2.24) is 15.0 Å². The molecule has 9 aromatic carbocycles. The van der Waals surface area contributed by atoms with E-state index >= 15 is 0 Å². The third-order valence-corrected chi connectivity index (χ3v) is 12.8. The van der Waals surface area contributed by atoms with E-state index in [9.17, 15) is 0 Å². The quantitative estimate of drug-likeness (QED) is 0.167. The topological polar surface area (TPSA) is 65.0 Å². The summed E-state index contributed by atoms with van der Waals surface area (Å²) in [5.74, 6) is 1.72. The molecule has 0 unspecified atom stereocenters. The van der Waals surface area contributed by atoms with Gasteiger partial charge in [0.1, 0.15) is 22.3 Å². The Labute approximate surface area is 362 Å². The Bertz CT molecular complexity index is 3700. The fourth-order valence-corrected chi connectivity index (χ4v) is 10.2. The average molecular weight is 806 g/mol. The predicted molar refractivity (Wildman–Crippen MR) is 253 cm³/mol. The van der Waals surface area contributed by atoms with Crippen molar-refractivity contribution in [3.63, 3.8) is 0 Å². The number of rotatable bonds is 6. The van der Waals surface area contributed by atoms with Crippen molar-refractivity contribution in [1.29, 1.82) is 0 Å². The lowest BCUT2D eigenvalue weighted by Gasteiger charge is -2.34. The Morgan fingerprint density at radius 1 is 0.317 bits per heavy atom. The van der Waals surface area contributed by atoms with Crippen LogP contribution in [-0.4, -0.2) is 15.0 Å². The molecule has 1 aliphatic rings. The molecular formula is C58H35N3O2. The minimum Gasteiger partial charge on any atom is -0.456 e. The number of benzene rings is 9. The van der Waals surface area contributed by atoms with Crippen molar-refractivity contribution in [2.24, 2.45) is 0 Å². The Kier molecular flexibility index (Phi) is 7.75. The molecule has 0 spiro atoms. The van der Waals surface area contributed by atoms with Crippen molar-refractivity contribution in [3.05, 3.63) is 235 Å². The molecular weight excluding hydrogens is 771 g/mol. The van der Waals surface area contributed by atoms with Crippen LogP contribution in [0, 0.1) is 0 Å². The fraction of sp³-hybridized carbons (Fsp3) is 0.0172. The zero-order valence-electron chi connectivity index (χ0n) is 33.9. The van der Waals surface area contributed by atoms with Gasteiger partial charge in [0.05, 0.1) is 5.41 Å². The molecule has 5 nitrogen and oxygen atoms in total. The van der Waals surface area contributed by atoms with E-state index in [2.05, 4.69) is 140 Å². The first-order valence-corrected chi connectivity index (χ1v) is 21.3. The third kappa shape index (κ3) is 5.27. The lowest BCUT2D eigenvalue weighted by Crippen LogP contribution is -2.28. The van der Waals surface area contributed by atoms with Gasteiger partial charge in [0.15, 0.2) is 17.5 Å². The summed E-state index contributed by atoms with van der Waals surface area (Å²) in [6, 6.07) is 74.6. The largest absolute Gasteiger partial charge is 0.456 e. The summed E-state index contributed by atoms with van der Waals surface area (Å²) in [5.41, 5.74) is 15.1. The van der Waals surface area contributed by atoms with Gasteiger partial charge < -0.3 is 8.83 Å². The summed E-state index contributed by atoms with van der Waals surface area (Å²) in [6.07, 6.45) is 0. The zero-order valence-corrected chi connectivity index (χ0v) is 33.9. The zero-order chi connectivity index (χ0) is 41.5. The van der Waals surface area contributed by atoms with E-state index in [0.717, 1.165) is 71.7 Å². The van der Waals surface area contributed by atoms with Crippen LogP contribution in [0.4, 0.5) is 0 Å². The van der Waals surface area contributed by atoms with Gasteiger partial charge in [0.25, 0.3) is 0 Å². The van der Waals surface area contributed by atoms with Crippen molar-refractivity contribution in [3.8, 4) is 56.4 Å². The maximum atomic E-state index is 6.64. The van der Waals surface area contributed by atoms with Gasteiger partial charge >= 0.3 is 0 Å². The SMILES string of the molecule is c1ccc(-c2nc(-c3cccc4oc5ccccc5c34)nc(-c3cccc4oc5ccc(-c6cccc7c6-c6ccccc6C7(c6ccccc6)c6ccccc6)cc5c34)n2)cc1. The van der Waals surface area contributed by atoms with Gasteiger partial charge in [-0.1, -0.05) is 182 Å². The van der Waals surface area contributed by atoms with Crippen LogP contribution in [-0.2, 0) is 5.41 Å². The molecule has 0 atom stereocenters. The number of nitrogens with zero attached hydrogens (tertiary/aromatic N) is 3. The molecule has 0 bridgehead atoms. The number of hydrogen-bond acceptors (Lipinski definition) is 5. The monoisotopic (exact) mass is 805 g/mol. The Balaban J connectivity index is 1.04. The molecule has 0 amide bonds. The van der Waals surface area contributed by atoms with Crippen LogP contribution in [0.3, 0.4) is 0 Å². The predicted octanol–water partition coefficient (Wildman–Crippen LogP) is 14.7. The molecule has 3 aromatic heterocycles. The van der Waals surface area contributed by atoms with E-state index in [0.29, 0.717) is 17.5 Å². The molecule has 0 saturated heterocycles. The Morgan fingerprint density at radius 3 is 1.51 bits per heavy atom. The van der Waals surface area contributed by atoms with Gasteiger partial charge in [-0.15, -0.1) is 0 Å². The number of fused-ring (bicyclic) bond motifs is 9. The van der Waals surface area contributed by atoms with Gasteiger partial charge in [0, 0.05) is 38.2 Å². The second-order valence-corrected chi connectivity index (χ2v) is 16.2. The molecule has 5 heteroatoms. The number of para-hydroxylation sites is 1. The number of furan rings is 2. The maximum Gasteiger partial charge on any atom is 0.164 e. The summed E-state index contributed by atoms with van der Waals surface area (Å²) in [6.45, 7) is 0. The second kappa shape index (κ2) is 13.8. The first-order chi connectivity index (χ1) is 31.2. The van der Waals surface area contributed by atoms with Crippen LogP contribution in [0.25, 0.3) is 100 Å². The highest BCUT2D eigenvalue weighted by Crippen LogP contribution is 2.58. The summed E-state index contributed by atoms with van der Waals surface area (Å²) >= 11 is 0. The fourth-order valence-electron chi connectivity index (χ4n) is 10.2. The average Bonchev–Trinajstić information content (AvgIpc) is 4.03. The molecule has 294 valence electrons. The highest BCUT2D eigenvalue weighted by molar-refractivity contribution is 6.14. The molecule has 0 fully saturated rings. The van der Waals surface area contributed by atoms with E-state index in [1.54, 1.807) is 0 Å². The van der Waals surface area contributed by atoms with E-state index in [-0.39, 0.29) is 0 Å². The van der Waals surface area contributed by atoms with Crippen LogP contribution < -0.4 is 0 Å². The van der Waals surface area contributed by atoms with Gasteiger partial charge in [-0.2, -0.15) is 0 Å². The number of aromatic nitrogens is 3. The standard InChI is InChI=1S/C58H35N3O2/c1-4-17-36(18-5-1)55-59-56(43-26-15-31-50-53(43)42-24-11-13-30-48(42)62-50)61-57(60-55)44-27-16-32-51-54(44)45-35-37(33-34-49(45)63-51)40-25-14-29-47-52(40)41-23-10-12-28-46(41)58(47,38-19-6-2-7-20-38)39-21-8-3-9-22-39/h1-35H. The highest BCUT2D eigenvalue weighted by atomic mass is 16.3. The van der Waals surface area contributed by atoms with Gasteiger partial charge in [0.2, 0.25) is 0 Å². The molecule has 13 rings (SSSR count). The molecule has 63 heavy (non-hydrogen) atoms. The molecule has 3 heterocycles. The molecule has 1 aliphatic carbocycles. The van der Waals surface area contributed by atoms with E-state index in [1.165, 1.54) is 33.4 Å². The molecule has 0 aliphatic heterocycles. The minimum atomic E-state index is -0.496. The summed E-state index contributed by atoms with van der Waals surface area (Å²) in [7, 11) is 0. The third-order valence-electron chi connectivity index (χ3n) is 12.8. The highest BCUT2D eigenvalue weighted by Gasteiger charge is 2.46. The van der Waals surface area contributed by atoms with Crippen LogP contribution in [0.5, 0.6) is 0 Å². The maximum absolute atomic E-state index is 6.64. The Morgan fingerprint density at radius 2 is 0.810 bits per heavy atom. The lowest BCUT2D eigenvalue weighted by molar-refractivity contribution is 0.668. The van der Waals surface area contributed by atoms with Crippen LogP contribution >= 0.6 is 0 Å². The van der Waals surface area contributed by atoms with Crippen molar-refractivity contribution in [2.75, 3.05) is 0 Å². The van der Waals surface area contributed by atoms with Gasteiger partial charge in [-0.25, -0.2) is 15.0 Å². The summed E-state index contributed by atoms with van der Waals surface area (Å²) < 4.78 is 13.0. The first-order valence-electron chi connectivity index (χ1n) is 21.3. The molecule has 12 aromatic rings. The van der Waals surface area contributed by atoms with E-state index in [4.69, 9.17) is 23.8 Å². The van der Waals surface area contributed by atoms with Crippen LogP contribution in [0.15, 0.2) is 221 Å². The van der Waals surface area contributed by atoms with E-state index < -0.39 is 5.41 Å². The molecule has 0 N–H and O–H groups in total. The smallest absolute Gasteiger partial charge is 0.164 e. The summed E-state index contributed by atoms with van der Waals surface area (Å²) in [5, 5.41) is 3.93. The van der Waals surface area contributed by atoms with E-state index in [1.807, 2.05) is 72.8 Å². The Hall–Kier alpha value is -8.41. The van der Waals surface area contributed by atoms with Crippen LogP contribution in [0.2, 0.25) is 0 Å². The second-order valence-electron chi connectivity index (χ2n) is 16.2. The normalized spacial score (nSPS) is 12.9. The first kappa shape index (κ1) is 35.4. The van der Waals surface area contributed by atoms with Gasteiger partial charge in [-0.05, 0) is 74.8 Å². The van der Waals surface area contributed by atoms with Crippen LogP contribution in [0.1, 0.15) is 22.3 Å². The van der Waals surface area contributed by atoms with Gasteiger partial charge in [-0.3, -0.25) is 0 Å².